The smallest absolute Gasteiger partial charge is 0.188 e. The molecule has 0 spiro atoms. The summed E-state index contributed by atoms with van der Waals surface area (Å²) in [5, 5.41) is 3.20. The molecule has 0 aromatic heterocycles. The zero-order valence-electron chi connectivity index (χ0n) is 11.4. The van der Waals surface area contributed by atoms with Crippen molar-refractivity contribution in [2.75, 3.05) is 6.54 Å². The maximum Gasteiger partial charge on any atom is 0.188 e. The lowest BCUT2D eigenvalue weighted by atomic mass is 9.64. The number of nitrogens with zero attached hydrogens (tertiary/aromatic N) is 1. The highest BCUT2D eigenvalue weighted by atomic mass is 127. The van der Waals surface area contributed by atoms with E-state index in [0.717, 1.165) is 12.8 Å². The molecule has 1 aromatic rings. The molecule has 0 bridgehead atoms. The van der Waals surface area contributed by atoms with Gasteiger partial charge < -0.3 is 11.1 Å². The van der Waals surface area contributed by atoms with Crippen molar-refractivity contribution < 1.29 is 4.39 Å². The van der Waals surface area contributed by atoms with Crippen LogP contribution in [0.25, 0.3) is 0 Å². The SMILES string of the molecule is I.NC(=NCC1(c2ccc(F)cc2)CCC1)NC1CC1. The van der Waals surface area contributed by atoms with Crippen LogP contribution >= 0.6 is 24.0 Å². The van der Waals surface area contributed by atoms with Gasteiger partial charge in [-0.3, -0.25) is 4.99 Å². The molecule has 0 atom stereocenters. The van der Waals surface area contributed by atoms with Gasteiger partial charge in [0.15, 0.2) is 5.96 Å². The number of aliphatic imine (C=N–C) groups is 1. The first-order valence-corrected chi connectivity index (χ1v) is 7.00. The Balaban J connectivity index is 0.00000147. The van der Waals surface area contributed by atoms with Gasteiger partial charge in [-0.2, -0.15) is 0 Å². The molecule has 3 nitrogen and oxygen atoms in total. The fraction of sp³-hybridized carbons (Fsp3) is 0.533. The lowest BCUT2D eigenvalue weighted by molar-refractivity contribution is 0.253. The summed E-state index contributed by atoms with van der Waals surface area (Å²) in [6.45, 7) is 0.699. The van der Waals surface area contributed by atoms with E-state index in [1.54, 1.807) is 0 Å². The molecule has 2 aliphatic rings. The maximum absolute atomic E-state index is 13.0. The molecule has 5 heteroatoms. The zero-order valence-corrected chi connectivity index (χ0v) is 13.8. The van der Waals surface area contributed by atoms with Crippen molar-refractivity contribution in [1.29, 1.82) is 0 Å². The largest absolute Gasteiger partial charge is 0.370 e. The Morgan fingerprint density at radius 3 is 2.45 bits per heavy atom. The van der Waals surface area contributed by atoms with Crippen LogP contribution < -0.4 is 11.1 Å². The highest BCUT2D eigenvalue weighted by Gasteiger charge is 2.38. The Kier molecular flexibility index (Phi) is 4.88. The summed E-state index contributed by atoms with van der Waals surface area (Å²) < 4.78 is 13.0. The molecule has 2 saturated carbocycles. The van der Waals surface area contributed by atoms with Crippen LogP contribution in [0.5, 0.6) is 0 Å². The topological polar surface area (TPSA) is 50.4 Å². The van der Waals surface area contributed by atoms with Gasteiger partial charge in [0, 0.05) is 11.5 Å². The molecule has 20 heavy (non-hydrogen) atoms. The first kappa shape index (κ1) is 15.5. The van der Waals surface area contributed by atoms with E-state index in [1.807, 2.05) is 12.1 Å². The van der Waals surface area contributed by atoms with Gasteiger partial charge >= 0.3 is 0 Å². The summed E-state index contributed by atoms with van der Waals surface area (Å²) in [4.78, 5) is 4.49. The van der Waals surface area contributed by atoms with Crippen LogP contribution in [0.1, 0.15) is 37.7 Å². The van der Waals surface area contributed by atoms with Crippen LogP contribution in [-0.4, -0.2) is 18.5 Å². The Bertz CT molecular complexity index is 478. The molecule has 0 saturated heterocycles. The molecule has 0 heterocycles. The average molecular weight is 389 g/mol. The van der Waals surface area contributed by atoms with Crippen LogP contribution in [-0.2, 0) is 5.41 Å². The van der Waals surface area contributed by atoms with Gasteiger partial charge in [-0.15, -0.1) is 24.0 Å². The predicted octanol–water partition coefficient (Wildman–Crippen LogP) is 2.93. The molecular formula is C15H21FIN3. The second-order valence-electron chi connectivity index (χ2n) is 5.76. The Hall–Kier alpha value is -0.850. The standard InChI is InChI=1S/C15H20FN3.HI/c16-12-4-2-11(3-5-12)15(8-1-9-15)10-18-14(17)19-13-6-7-13;/h2-5,13H,1,6-10H2,(H3,17,18,19);1H. The van der Waals surface area contributed by atoms with E-state index >= 15 is 0 Å². The lowest BCUT2D eigenvalue weighted by Crippen LogP contribution is -2.40. The van der Waals surface area contributed by atoms with Crippen LogP contribution in [0.4, 0.5) is 4.39 Å². The third-order valence-electron chi connectivity index (χ3n) is 4.25. The molecule has 3 rings (SSSR count). The molecular weight excluding hydrogens is 368 g/mol. The predicted molar refractivity (Wildman–Crippen MR) is 90.0 cm³/mol. The van der Waals surface area contributed by atoms with E-state index in [0.29, 0.717) is 18.5 Å². The van der Waals surface area contributed by atoms with Crippen molar-refractivity contribution in [3.05, 3.63) is 35.6 Å². The van der Waals surface area contributed by atoms with Gasteiger partial charge in [0.1, 0.15) is 5.82 Å². The van der Waals surface area contributed by atoms with Crippen molar-refractivity contribution in [1.82, 2.24) is 5.32 Å². The number of nitrogens with two attached hydrogens (primary N) is 1. The summed E-state index contributed by atoms with van der Waals surface area (Å²) in [5.41, 5.74) is 7.14. The van der Waals surface area contributed by atoms with Gasteiger partial charge in [-0.25, -0.2) is 4.39 Å². The number of hydrogen-bond acceptors (Lipinski definition) is 1. The van der Waals surface area contributed by atoms with E-state index in [9.17, 15) is 4.39 Å². The van der Waals surface area contributed by atoms with Crippen molar-refractivity contribution in [3.8, 4) is 0 Å². The summed E-state index contributed by atoms with van der Waals surface area (Å²) >= 11 is 0. The average Bonchev–Trinajstić information content (AvgIpc) is 3.14. The zero-order chi connectivity index (χ0) is 13.3. The quantitative estimate of drug-likeness (QED) is 0.473. The highest BCUT2D eigenvalue weighted by molar-refractivity contribution is 14.0. The third kappa shape index (κ3) is 3.42. The Morgan fingerprint density at radius 2 is 1.95 bits per heavy atom. The first-order valence-electron chi connectivity index (χ1n) is 7.00. The second kappa shape index (κ2) is 6.28. The summed E-state index contributed by atoms with van der Waals surface area (Å²) in [7, 11) is 0. The summed E-state index contributed by atoms with van der Waals surface area (Å²) in [6.07, 6.45) is 5.82. The van der Waals surface area contributed by atoms with E-state index in [1.165, 1.54) is 37.0 Å². The van der Waals surface area contributed by atoms with Gasteiger partial charge in [0.25, 0.3) is 0 Å². The monoisotopic (exact) mass is 389 g/mol. The van der Waals surface area contributed by atoms with Crippen molar-refractivity contribution in [3.63, 3.8) is 0 Å². The molecule has 2 fully saturated rings. The molecule has 0 radical (unpaired) electrons. The minimum atomic E-state index is -0.184. The number of hydrogen-bond donors (Lipinski definition) is 2. The summed E-state index contributed by atoms with van der Waals surface area (Å²) in [6, 6.07) is 7.37. The molecule has 110 valence electrons. The van der Waals surface area contributed by atoms with Crippen LogP contribution in [0.2, 0.25) is 0 Å². The van der Waals surface area contributed by atoms with Gasteiger partial charge in [0.05, 0.1) is 6.54 Å². The fourth-order valence-corrected chi connectivity index (χ4v) is 2.66. The highest BCUT2D eigenvalue weighted by Crippen LogP contribution is 2.44. The molecule has 0 unspecified atom stereocenters. The van der Waals surface area contributed by atoms with Crippen molar-refractivity contribution in [2.45, 2.75) is 43.6 Å². The van der Waals surface area contributed by atoms with Crippen molar-refractivity contribution >= 4 is 29.9 Å². The number of benzene rings is 1. The maximum atomic E-state index is 13.0. The fourth-order valence-electron chi connectivity index (χ4n) is 2.66. The molecule has 0 aliphatic heterocycles. The van der Waals surface area contributed by atoms with Crippen LogP contribution in [0.15, 0.2) is 29.3 Å². The number of nitrogens with one attached hydrogen (secondary N) is 1. The Morgan fingerprint density at radius 1 is 1.30 bits per heavy atom. The van der Waals surface area contributed by atoms with Crippen LogP contribution in [0, 0.1) is 5.82 Å². The van der Waals surface area contributed by atoms with Gasteiger partial charge in [-0.05, 0) is 43.4 Å². The minimum absolute atomic E-state index is 0. The minimum Gasteiger partial charge on any atom is -0.370 e. The van der Waals surface area contributed by atoms with Gasteiger partial charge in [-0.1, -0.05) is 18.6 Å². The van der Waals surface area contributed by atoms with Crippen molar-refractivity contribution in [2.24, 2.45) is 10.7 Å². The second-order valence-corrected chi connectivity index (χ2v) is 5.76. The molecule has 3 N–H and O–H groups in total. The molecule has 1 aromatic carbocycles. The van der Waals surface area contributed by atoms with E-state index < -0.39 is 0 Å². The number of rotatable bonds is 4. The van der Waals surface area contributed by atoms with Crippen LogP contribution in [0.3, 0.4) is 0 Å². The van der Waals surface area contributed by atoms with E-state index in [4.69, 9.17) is 5.73 Å². The lowest BCUT2D eigenvalue weighted by Gasteiger charge is -2.41. The van der Waals surface area contributed by atoms with Gasteiger partial charge in [0.2, 0.25) is 0 Å². The normalized spacial score (nSPS) is 20.8. The molecule has 0 amide bonds. The molecule has 2 aliphatic carbocycles. The number of halogens is 2. The third-order valence-corrected chi connectivity index (χ3v) is 4.25. The first-order chi connectivity index (χ1) is 9.18. The van der Waals surface area contributed by atoms with E-state index in [2.05, 4.69) is 10.3 Å². The van der Waals surface area contributed by atoms with E-state index in [-0.39, 0.29) is 35.2 Å². The Labute approximate surface area is 136 Å². The summed E-state index contributed by atoms with van der Waals surface area (Å²) in [5.74, 6) is 0.368. The number of guanidine groups is 1.